The predicted molar refractivity (Wildman–Crippen MR) is 65.2 cm³/mol. The monoisotopic (exact) mass is 203 g/mol. The highest BCUT2D eigenvalue weighted by Crippen LogP contribution is 2.22. The van der Waals surface area contributed by atoms with E-state index in [2.05, 4.69) is 30.7 Å². The van der Waals surface area contributed by atoms with Gasteiger partial charge < -0.3 is 10.7 Å². The summed E-state index contributed by atoms with van der Waals surface area (Å²) in [5.74, 6) is 1.08. The highest BCUT2D eigenvalue weighted by atomic mass is 15.0. The lowest BCUT2D eigenvalue weighted by Crippen LogP contribution is -2.13. The van der Waals surface area contributed by atoms with Crippen molar-refractivity contribution in [2.75, 3.05) is 0 Å². The van der Waals surface area contributed by atoms with Crippen LogP contribution < -0.4 is 5.32 Å². The van der Waals surface area contributed by atoms with E-state index in [1.54, 1.807) is 12.4 Å². The molecule has 0 fully saturated rings. The summed E-state index contributed by atoms with van der Waals surface area (Å²) in [5.41, 5.74) is 1.74. The molecule has 1 rings (SSSR count). The van der Waals surface area contributed by atoms with Crippen LogP contribution in [0.5, 0.6) is 0 Å². The largest absolute Gasteiger partial charge is 0.346 e. The van der Waals surface area contributed by atoms with Gasteiger partial charge in [-0.15, -0.1) is 0 Å². The molecule has 1 unspecified atom stereocenters. The fourth-order valence-corrected chi connectivity index (χ4v) is 1.30. The Morgan fingerprint density at radius 3 is 2.93 bits per heavy atom. The Morgan fingerprint density at radius 2 is 2.47 bits per heavy atom. The third-order valence-corrected chi connectivity index (χ3v) is 2.56. The molecular formula is C12H17N3. The van der Waals surface area contributed by atoms with Crippen molar-refractivity contribution in [3.8, 4) is 0 Å². The highest BCUT2D eigenvalue weighted by molar-refractivity contribution is 5.85. The molecule has 0 aromatic heterocycles. The second-order valence-electron chi connectivity index (χ2n) is 3.52. The molecule has 0 bridgehead atoms. The Labute approximate surface area is 90.8 Å². The van der Waals surface area contributed by atoms with Crippen molar-refractivity contribution < 1.29 is 0 Å². The Hall–Kier alpha value is -1.64. The summed E-state index contributed by atoms with van der Waals surface area (Å²) in [4.78, 5) is 4.18. The van der Waals surface area contributed by atoms with Crippen LogP contribution in [0.2, 0.25) is 0 Å². The zero-order valence-electron chi connectivity index (χ0n) is 9.25. The number of aliphatic imine (C=N–C) groups is 1. The summed E-state index contributed by atoms with van der Waals surface area (Å²) in [5, 5.41) is 10.4. The highest BCUT2D eigenvalue weighted by Gasteiger charge is 2.12. The summed E-state index contributed by atoms with van der Waals surface area (Å²) in [6.45, 7) is 8.24. The third kappa shape index (κ3) is 2.65. The van der Waals surface area contributed by atoms with Crippen molar-refractivity contribution in [2.45, 2.75) is 20.3 Å². The number of nitrogens with zero attached hydrogens (tertiary/aromatic N) is 1. The summed E-state index contributed by atoms with van der Waals surface area (Å²) < 4.78 is 0. The fraction of sp³-hybridized carbons (Fsp3) is 0.333. The first kappa shape index (κ1) is 11.4. The quantitative estimate of drug-likeness (QED) is 0.678. The van der Waals surface area contributed by atoms with E-state index < -0.39 is 0 Å². The van der Waals surface area contributed by atoms with Crippen LogP contribution in [-0.4, -0.2) is 12.4 Å². The average Bonchev–Trinajstić information content (AvgIpc) is 2.30. The first-order valence-electron chi connectivity index (χ1n) is 5.10. The lowest BCUT2D eigenvalue weighted by molar-refractivity contribution is 0.666. The molecule has 0 aromatic rings. The lowest BCUT2D eigenvalue weighted by atomic mass is 9.93. The Morgan fingerprint density at radius 1 is 1.73 bits per heavy atom. The van der Waals surface area contributed by atoms with E-state index in [4.69, 9.17) is 5.41 Å². The van der Waals surface area contributed by atoms with Gasteiger partial charge in [-0.3, -0.25) is 0 Å². The topological polar surface area (TPSA) is 48.2 Å². The first-order chi connectivity index (χ1) is 7.20. The van der Waals surface area contributed by atoms with Crippen molar-refractivity contribution >= 4 is 12.4 Å². The van der Waals surface area contributed by atoms with Crippen LogP contribution in [0.4, 0.5) is 0 Å². The number of hydrogen-bond acceptors (Lipinski definition) is 3. The molecule has 2 N–H and O–H groups in total. The molecule has 1 heterocycles. The molecule has 1 aliphatic heterocycles. The van der Waals surface area contributed by atoms with Gasteiger partial charge >= 0.3 is 0 Å². The summed E-state index contributed by atoms with van der Waals surface area (Å²) in [6, 6.07) is 0. The number of nitrogens with one attached hydrogen (secondary N) is 2. The van der Waals surface area contributed by atoms with Gasteiger partial charge in [0.05, 0.1) is 0 Å². The van der Waals surface area contributed by atoms with Gasteiger partial charge in [-0.2, -0.15) is 0 Å². The summed E-state index contributed by atoms with van der Waals surface area (Å²) >= 11 is 0. The van der Waals surface area contributed by atoms with Gasteiger partial charge in [0, 0.05) is 24.2 Å². The van der Waals surface area contributed by atoms with Crippen LogP contribution in [0.3, 0.4) is 0 Å². The molecule has 80 valence electrons. The summed E-state index contributed by atoms with van der Waals surface area (Å²) in [6.07, 6.45) is 7.66. The zero-order chi connectivity index (χ0) is 11.3. The van der Waals surface area contributed by atoms with Crippen LogP contribution in [0.25, 0.3) is 0 Å². The maximum absolute atomic E-state index is 7.41. The third-order valence-electron chi connectivity index (χ3n) is 2.56. The van der Waals surface area contributed by atoms with Gasteiger partial charge in [-0.25, -0.2) is 4.99 Å². The van der Waals surface area contributed by atoms with Gasteiger partial charge in [-0.05, 0) is 24.0 Å². The number of rotatable bonds is 4. The van der Waals surface area contributed by atoms with E-state index in [1.807, 2.05) is 6.08 Å². The molecule has 0 saturated carbocycles. The maximum Gasteiger partial charge on any atom is 0.138 e. The van der Waals surface area contributed by atoms with Crippen molar-refractivity contribution in [2.24, 2.45) is 10.9 Å². The van der Waals surface area contributed by atoms with E-state index in [-0.39, 0.29) is 0 Å². The predicted octanol–water partition coefficient (Wildman–Crippen LogP) is 2.64. The molecule has 0 aromatic carbocycles. The van der Waals surface area contributed by atoms with Gasteiger partial charge in [0.2, 0.25) is 0 Å². The van der Waals surface area contributed by atoms with Gasteiger partial charge in [0.25, 0.3) is 0 Å². The number of hydrogen-bond donors (Lipinski definition) is 2. The molecule has 1 aliphatic rings. The lowest BCUT2D eigenvalue weighted by Gasteiger charge is -2.16. The van der Waals surface area contributed by atoms with Gasteiger partial charge in [0.1, 0.15) is 5.82 Å². The van der Waals surface area contributed by atoms with E-state index in [0.717, 1.165) is 17.6 Å². The minimum Gasteiger partial charge on any atom is -0.346 e. The van der Waals surface area contributed by atoms with Gasteiger partial charge in [-0.1, -0.05) is 20.4 Å². The van der Waals surface area contributed by atoms with Crippen LogP contribution in [0.15, 0.2) is 40.8 Å². The van der Waals surface area contributed by atoms with E-state index in [9.17, 15) is 0 Å². The van der Waals surface area contributed by atoms with E-state index >= 15 is 0 Å². The normalized spacial score (nSPS) is 19.3. The van der Waals surface area contributed by atoms with Crippen LogP contribution >= 0.6 is 0 Å². The SMILES string of the molecule is C=C(/C(C=N)=C1\N=CC=CN1)C(C)CC. The minimum atomic E-state index is 0.372. The molecular weight excluding hydrogens is 186 g/mol. The molecule has 15 heavy (non-hydrogen) atoms. The van der Waals surface area contributed by atoms with E-state index in [0.29, 0.717) is 11.7 Å². The minimum absolute atomic E-state index is 0.372. The second-order valence-corrected chi connectivity index (χ2v) is 3.52. The van der Waals surface area contributed by atoms with Crippen molar-refractivity contribution in [3.63, 3.8) is 0 Å². The van der Waals surface area contributed by atoms with Crippen molar-refractivity contribution in [3.05, 3.63) is 35.8 Å². The molecule has 0 aliphatic carbocycles. The standard InChI is InChI=1S/C12H17N3/c1-4-9(2)10(3)11(8-13)12-14-6-5-7-15-12/h5-9,13-14H,3-4H2,1-2H3/b12-11-,13-8?. The zero-order valence-corrected chi connectivity index (χ0v) is 9.25. The second kappa shape index (κ2) is 5.29. The summed E-state index contributed by atoms with van der Waals surface area (Å²) in [7, 11) is 0. The first-order valence-corrected chi connectivity index (χ1v) is 5.10. The molecule has 0 saturated heterocycles. The Kier molecular flexibility index (Phi) is 4.03. The van der Waals surface area contributed by atoms with Crippen LogP contribution in [-0.2, 0) is 0 Å². The molecule has 0 spiro atoms. The molecule has 3 nitrogen and oxygen atoms in total. The molecule has 3 heteroatoms. The van der Waals surface area contributed by atoms with Gasteiger partial charge in [0.15, 0.2) is 0 Å². The molecule has 0 radical (unpaired) electrons. The van der Waals surface area contributed by atoms with Crippen molar-refractivity contribution in [1.29, 1.82) is 5.41 Å². The Balaban J connectivity index is 2.97. The Bertz CT molecular complexity index is 348. The van der Waals surface area contributed by atoms with E-state index in [1.165, 1.54) is 6.21 Å². The van der Waals surface area contributed by atoms with Crippen LogP contribution in [0.1, 0.15) is 20.3 Å². The molecule has 1 atom stereocenters. The number of allylic oxidation sites excluding steroid dienone is 3. The fourth-order valence-electron chi connectivity index (χ4n) is 1.30. The van der Waals surface area contributed by atoms with Crippen molar-refractivity contribution in [1.82, 2.24) is 5.32 Å². The smallest absolute Gasteiger partial charge is 0.138 e. The molecule has 0 amide bonds. The van der Waals surface area contributed by atoms with Crippen LogP contribution in [0, 0.1) is 11.3 Å². The maximum atomic E-state index is 7.41. The average molecular weight is 203 g/mol.